The summed E-state index contributed by atoms with van der Waals surface area (Å²) in [6, 6.07) is 6.74. The number of carbonyl (C=O) groups is 1. The van der Waals surface area contributed by atoms with Gasteiger partial charge in [-0.25, -0.2) is 0 Å². The van der Waals surface area contributed by atoms with Gasteiger partial charge in [0.15, 0.2) is 5.69 Å². The van der Waals surface area contributed by atoms with Crippen molar-refractivity contribution in [3.05, 3.63) is 53.2 Å². The van der Waals surface area contributed by atoms with Gasteiger partial charge < -0.3 is 19.7 Å². The first-order valence-electron chi connectivity index (χ1n) is 10.3. The average Bonchev–Trinajstić information content (AvgIpc) is 3.15. The molecule has 3 aromatic rings. The predicted octanol–water partition coefficient (Wildman–Crippen LogP) is 2.76. The van der Waals surface area contributed by atoms with E-state index >= 15 is 0 Å². The normalized spacial score (nSPS) is 18.5. The number of rotatable bonds is 6. The van der Waals surface area contributed by atoms with Gasteiger partial charge in [-0.05, 0) is 44.9 Å². The van der Waals surface area contributed by atoms with E-state index in [-0.39, 0.29) is 30.1 Å². The lowest BCUT2D eigenvalue weighted by Gasteiger charge is -2.28. The van der Waals surface area contributed by atoms with Gasteiger partial charge in [0.2, 0.25) is 5.88 Å². The van der Waals surface area contributed by atoms with Crippen LogP contribution in [0, 0.1) is 13.8 Å². The van der Waals surface area contributed by atoms with Crippen molar-refractivity contribution < 1.29 is 19.2 Å². The molecule has 2 atom stereocenters. The molecular weight excluding hydrogens is 398 g/mol. The first-order valence-corrected chi connectivity index (χ1v) is 10.3. The van der Waals surface area contributed by atoms with Crippen molar-refractivity contribution >= 4 is 5.91 Å². The molecule has 0 bridgehead atoms. The van der Waals surface area contributed by atoms with E-state index in [2.05, 4.69) is 25.7 Å². The van der Waals surface area contributed by atoms with E-state index in [0.29, 0.717) is 17.9 Å². The van der Waals surface area contributed by atoms with E-state index in [1.165, 1.54) is 0 Å². The minimum absolute atomic E-state index is 0.178. The number of ether oxygens (including phenoxy) is 1. The Labute approximate surface area is 179 Å². The molecule has 1 fully saturated rings. The zero-order chi connectivity index (χ0) is 21.8. The lowest BCUT2D eigenvalue weighted by molar-refractivity contribution is 0.0713. The minimum atomic E-state index is -0.516. The highest BCUT2D eigenvalue weighted by Gasteiger charge is 2.25. The minimum Gasteiger partial charge on any atom is -0.472 e. The lowest BCUT2D eigenvalue weighted by atomic mass is 9.92. The van der Waals surface area contributed by atoms with Crippen LogP contribution in [0.2, 0.25) is 0 Å². The van der Waals surface area contributed by atoms with Gasteiger partial charge in [-0.15, -0.1) is 10.2 Å². The van der Waals surface area contributed by atoms with E-state index < -0.39 is 6.10 Å². The Hall–Kier alpha value is -3.33. The maximum Gasteiger partial charge on any atom is 0.272 e. The third-order valence-electron chi connectivity index (χ3n) is 5.45. The Morgan fingerprint density at radius 3 is 2.74 bits per heavy atom. The number of nitrogens with one attached hydrogen (secondary N) is 1. The van der Waals surface area contributed by atoms with Gasteiger partial charge >= 0.3 is 0 Å². The number of hydrogen-bond acceptors (Lipinski definition) is 8. The molecule has 1 saturated carbocycles. The molecule has 0 aliphatic heterocycles. The van der Waals surface area contributed by atoms with Gasteiger partial charge in [-0.3, -0.25) is 9.78 Å². The lowest BCUT2D eigenvalue weighted by Crippen LogP contribution is -2.45. The van der Waals surface area contributed by atoms with Crippen LogP contribution >= 0.6 is 0 Å². The summed E-state index contributed by atoms with van der Waals surface area (Å²) in [6.07, 6.45) is 4.66. The number of aryl methyl sites for hydroxylation is 2. The quantitative estimate of drug-likeness (QED) is 0.620. The highest BCUT2D eigenvalue weighted by atomic mass is 16.5. The van der Waals surface area contributed by atoms with E-state index in [1.807, 2.05) is 26.0 Å². The van der Waals surface area contributed by atoms with Crippen molar-refractivity contribution in [2.24, 2.45) is 0 Å². The molecule has 1 aliphatic rings. The molecule has 4 rings (SSSR count). The number of aliphatic hydroxyl groups excluding tert-OH is 1. The van der Waals surface area contributed by atoms with E-state index in [0.717, 1.165) is 36.1 Å². The van der Waals surface area contributed by atoms with Gasteiger partial charge in [-0.1, -0.05) is 18.0 Å². The van der Waals surface area contributed by atoms with E-state index in [9.17, 15) is 9.90 Å². The van der Waals surface area contributed by atoms with E-state index in [1.54, 1.807) is 18.3 Å². The van der Waals surface area contributed by atoms with Gasteiger partial charge in [-0.2, -0.15) is 0 Å². The maximum atomic E-state index is 12.4. The Bertz CT molecular complexity index is 1030. The fourth-order valence-corrected chi connectivity index (χ4v) is 3.58. The number of aromatic nitrogens is 4. The summed E-state index contributed by atoms with van der Waals surface area (Å²) in [5.74, 6) is 0.572. The SMILES string of the molecule is Cc1ccc(-c2noc(C)c2COc2ccc(C(=O)N[C@@H]3CCCC[C@H]3O)nn2)cn1. The van der Waals surface area contributed by atoms with E-state index in [4.69, 9.17) is 9.26 Å². The third kappa shape index (κ3) is 4.88. The van der Waals surface area contributed by atoms with Crippen LogP contribution in [0.3, 0.4) is 0 Å². The molecule has 162 valence electrons. The van der Waals surface area contributed by atoms with Crippen LogP contribution in [0.15, 0.2) is 35.0 Å². The Kier molecular flexibility index (Phi) is 6.22. The summed E-state index contributed by atoms with van der Waals surface area (Å²) in [7, 11) is 0. The molecule has 9 nitrogen and oxygen atoms in total. The molecule has 3 heterocycles. The molecule has 31 heavy (non-hydrogen) atoms. The number of pyridine rings is 1. The van der Waals surface area contributed by atoms with Crippen molar-refractivity contribution in [2.75, 3.05) is 0 Å². The number of hydrogen-bond donors (Lipinski definition) is 2. The summed E-state index contributed by atoms with van der Waals surface area (Å²) in [4.78, 5) is 16.7. The van der Waals surface area contributed by atoms with Crippen molar-refractivity contribution in [3.8, 4) is 17.1 Å². The predicted molar refractivity (Wildman–Crippen MR) is 111 cm³/mol. The highest BCUT2D eigenvalue weighted by molar-refractivity contribution is 5.92. The molecule has 1 amide bonds. The molecule has 0 saturated heterocycles. The molecule has 0 radical (unpaired) electrons. The fourth-order valence-electron chi connectivity index (χ4n) is 3.58. The summed E-state index contributed by atoms with van der Waals surface area (Å²) in [5, 5.41) is 24.9. The number of amides is 1. The summed E-state index contributed by atoms with van der Waals surface area (Å²) in [5.41, 5.74) is 3.39. The molecule has 2 N–H and O–H groups in total. The second kappa shape index (κ2) is 9.22. The van der Waals surface area contributed by atoms with Crippen LogP contribution in [-0.4, -0.2) is 43.5 Å². The largest absolute Gasteiger partial charge is 0.472 e. The molecule has 1 aliphatic carbocycles. The monoisotopic (exact) mass is 423 g/mol. The molecule has 0 unspecified atom stereocenters. The van der Waals surface area contributed by atoms with Crippen LogP contribution < -0.4 is 10.1 Å². The number of carbonyl (C=O) groups excluding carboxylic acids is 1. The second-order valence-corrected chi connectivity index (χ2v) is 7.73. The van der Waals surface area contributed by atoms with Crippen molar-refractivity contribution in [2.45, 2.75) is 58.3 Å². The number of nitrogens with zero attached hydrogens (tertiary/aromatic N) is 4. The van der Waals surface area contributed by atoms with Gasteiger partial charge in [0.1, 0.15) is 18.1 Å². The topological polar surface area (TPSA) is 123 Å². The van der Waals surface area contributed by atoms with Crippen LogP contribution in [0.1, 0.15) is 53.2 Å². The first kappa shape index (κ1) is 20.9. The zero-order valence-electron chi connectivity index (χ0n) is 17.5. The third-order valence-corrected chi connectivity index (χ3v) is 5.45. The van der Waals surface area contributed by atoms with Gasteiger partial charge in [0.05, 0.1) is 17.7 Å². The molecule has 3 aromatic heterocycles. The Balaban J connectivity index is 1.39. The highest BCUT2D eigenvalue weighted by Crippen LogP contribution is 2.26. The second-order valence-electron chi connectivity index (χ2n) is 7.73. The van der Waals surface area contributed by atoms with Crippen molar-refractivity contribution in [1.82, 2.24) is 25.7 Å². The summed E-state index contributed by atoms with van der Waals surface area (Å²) in [6.45, 7) is 3.92. The van der Waals surface area contributed by atoms with Crippen LogP contribution in [0.5, 0.6) is 5.88 Å². The Morgan fingerprint density at radius 2 is 2.03 bits per heavy atom. The average molecular weight is 423 g/mol. The molecule has 9 heteroatoms. The van der Waals surface area contributed by atoms with Crippen molar-refractivity contribution in [3.63, 3.8) is 0 Å². The summed E-state index contributed by atoms with van der Waals surface area (Å²) >= 11 is 0. The number of aliphatic hydroxyl groups is 1. The van der Waals surface area contributed by atoms with Crippen LogP contribution in [0.4, 0.5) is 0 Å². The summed E-state index contributed by atoms with van der Waals surface area (Å²) < 4.78 is 11.1. The Morgan fingerprint density at radius 1 is 1.19 bits per heavy atom. The van der Waals surface area contributed by atoms with Gasteiger partial charge in [0, 0.05) is 23.5 Å². The van der Waals surface area contributed by atoms with Crippen LogP contribution in [-0.2, 0) is 6.61 Å². The first-order chi connectivity index (χ1) is 15.0. The standard InChI is InChI=1S/C22H25N5O4/c1-13-7-8-15(11-23-13)21-16(14(2)31-27-21)12-30-20-10-9-18(25-26-20)22(29)24-17-5-3-4-6-19(17)28/h7-11,17,19,28H,3-6,12H2,1-2H3,(H,24,29)/t17-,19-/m1/s1. The fraction of sp³-hybridized carbons (Fsp3) is 0.409. The van der Waals surface area contributed by atoms with Gasteiger partial charge in [0.25, 0.3) is 5.91 Å². The smallest absolute Gasteiger partial charge is 0.272 e. The van der Waals surface area contributed by atoms with Crippen molar-refractivity contribution in [1.29, 1.82) is 0 Å². The van der Waals surface area contributed by atoms with Crippen LogP contribution in [0.25, 0.3) is 11.3 Å². The maximum absolute atomic E-state index is 12.4. The molecule has 0 aromatic carbocycles. The zero-order valence-corrected chi connectivity index (χ0v) is 17.5. The molecular formula is C22H25N5O4. The molecule has 0 spiro atoms.